The largest absolute Gasteiger partial charge is 0.480 e. The quantitative estimate of drug-likeness (QED) is 0.456. The molecule has 2 aromatic carbocycles. The first-order valence-electron chi connectivity index (χ1n) is 12.7. The molecule has 2 atom stereocenters. The van der Waals surface area contributed by atoms with Gasteiger partial charge in [-0.1, -0.05) is 53.7 Å². The van der Waals surface area contributed by atoms with Crippen LogP contribution in [0.1, 0.15) is 42.4 Å². The highest BCUT2D eigenvalue weighted by Crippen LogP contribution is 2.27. The second-order valence-electron chi connectivity index (χ2n) is 9.70. The molecule has 0 aromatic heterocycles. The van der Waals surface area contributed by atoms with Crippen molar-refractivity contribution >= 4 is 34.7 Å². The number of carboxylic acids is 1. The Morgan fingerprint density at radius 3 is 2.41 bits per heavy atom. The van der Waals surface area contributed by atoms with Gasteiger partial charge < -0.3 is 20.6 Å². The fraction of sp³-hybridized carbons (Fsp3) is 0.429. The molecule has 2 amide bonds. The van der Waals surface area contributed by atoms with Gasteiger partial charge in [0.05, 0.1) is 0 Å². The highest BCUT2D eigenvalue weighted by molar-refractivity contribution is 8.13. The predicted octanol–water partition coefficient (Wildman–Crippen LogP) is 2.92. The second-order valence-corrected chi connectivity index (χ2v) is 10.8. The minimum Gasteiger partial charge on any atom is -0.480 e. The molecule has 4 rings (SSSR count). The Morgan fingerprint density at radius 2 is 1.73 bits per heavy atom. The summed E-state index contributed by atoms with van der Waals surface area (Å²) >= 11 is 1.06. The Hall–Kier alpha value is -3.17. The number of aryl methyl sites for hydroxylation is 1. The van der Waals surface area contributed by atoms with E-state index in [0.717, 1.165) is 46.4 Å². The van der Waals surface area contributed by atoms with Crippen LogP contribution < -0.4 is 10.6 Å². The summed E-state index contributed by atoms with van der Waals surface area (Å²) in [6, 6.07) is 13.2. The van der Waals surface area contributed by atoms with Gasteiger partial charge in [-0.05, 0) is 62.5 Å². The number of amides is 2. The monoisotopic (exact) mass is 523 g/mol. The predicted molar refractivity (Wildman–Crippen MR) is 141 cm³/mol. The molecule has 0 radical (unpaired) electrons. The number of carboxylic acid groups (broad SMARTS) is 1. The fourth-order valence-electron chi connectivity index (χ4n) is 4.87. The molecule has 1 fully saturated rings. The molecule has 0 unspecified atom stereocenters. The number of nitrogens with one attached hydrogen (secondary N) is 2. The lowest BCUT2D eigenvalue weighted by atomic mass is 9.89. The van der Waals surface area contributed by atoms with E-state index in [0.29, 0.717) is 25.8 Å². The molecule has 2 aliphatic heterocycles. The first-order valence-corrected chi connectivity index (χ1v) is 13.5. The molecule has 3 N–H and O–H groups in total. The van der Waals surface area contributed by atoms with Crippen molar-refractivity contribution < 1.29 is 24.3 Å². The van der Waals surface area contributed by atoms with Gasteiger partial charge >= 0.3 is 5.97 Å². The van der Waals surface area contributed by atoms with E-state index in [-0.39, 0.29) is 29.8 Å². The van der Waals surface area contributed by atoms with Crippen molar-refractivity contribution in [3.8, 4) is 0 Å². The maximum Gasteiger partial charge on any atom is 0.326 e. The summed E-state index contributed by atoms with van der Waals surface area (Å²) in [4.78, 5) is 53.7. The number of carbonyl (C=O) groups excluding carboxylic acids is 3. The van der Waals surface area contributed by atoms with Gasteiger partial charge in [0, 0.05) is 30.2 Å². The van der Waals surface area contributed by atoms with E-state index < -0.39 is 24.0 Å². The highest BCUT2D eigenvalue weighted by atomic mass is 32.2. The molecule has 0 bridgehead atoms. The molecule has 9 heteroatoms. The summed E-state index contributed by atoms with van der Waals surface area (Å²) in [5, 5.41) is 15.5. The van der Waals surface area contributed by atoms with E-state index in [1.165, 1.54) is 0 Å². The van der Waals surface area contributed by atoms with Gasteiger partial charge in [0.15, 0.2) is 5.12 Å². The van der Waals surface area contributed by atoms with E-state index >= 15 is 0 Å². The molecule has 1 saturated heterocycles. The van der Waals surface area contributed by atoms with Crippen LogP contribution in [-0.4, -0.2) is 58.1 Å². The van der Waals surface area contributed by atoms with Gasteiger partial charge in [-0.2, -0.15) is 0 Å². The summed E-state index contributed by atoms with van der Waals surface area (Å²) in [5.41, 5.74) is 3.07. The summed E-state index contributed by atoms with van der Waals surface area (Å²) in [7, 11) is 0. The summed E-state index contributed by atoms with van der Waals surface area (Å²) in [6.07, 6.45) is 1.73. The van der Waals surface area contributed by atoms with Gasteiger partial charge in [-0.3, -0.25) is 14.4 Å². The van der Waals surface area contributed by atoms with Crippen molar-refractivity contribution in [2.24, 2.45) is 5.92 Å². The fourth-order valence-corrected chi connectivity index (χ4v) is 5.62. The maximum absolute atomic E-state index is 13.5. The number of carbonyl (C=O) groups is 4. The van der Waals surface area contributed by atoms with Crippen molar-refractivity contribution in [1.82, 2.24) is 15.5 Å². The number of fused-ring (bicyclic) bond motifs is 1. The van der Waals surface area contributed by atoms with Crippen LogP contribution in [0.15, 0.2) is 53.4 Å². The SMILES string of the molecule is Cc1ccc(SC(=O)CC[C@@H](NC(=O)[C@H]2Cc3ccccc3CN2C(=O)C2CCNCC2)C(=O)O)cc1. The van der Waals surface area contributed by atoms with Gasteiger partial charge in [0.2, 0.25) is 11.8 Å². The van der Waals surface area contributed by atoms with Crippen molar-refractivity contribution in [3.05, 3.63) is 65.2 Å². The smallest absolute Gasteiger partial charge is 0.326 e. The van der Waals surface area contributed by atoms with E-state index in [4.69, 9.17) is 0 Å². The minimum atomic E-state index is -1.22. The first-order chi connectivity index (χ1) is 17.8. The standard InChI is InChI=1S/C28H33N3O5S/c1-18-6-8-22(9-7-18)37-25(32)11-10-23(28(35)36)30-26(33)24-16-20-4-2-3-5-21(20)17-31(24)27(34)19-12-14-29-15-13-19/h2-9,19,23-24,29H,10-17H2,1H3,(H,30,33)(H,35,36)/t23-,24-/m1/s1. The lowest BCUT2D eigenvalue weighted by Gasteiger charge is -2.39. The van der Waals surface area contributed by atoms with Gasteiger partial charge in [-0.15, -0.1) is 0 Å². The topological polar surface area (TPSA) is 116 Å². The average molecular weight is 524 g/mol. The summed E-state index contributed by atoms with van der Waals surface area (Å²) in [5.74, 6) is -1.92. The van der Waals surface area contributed by atoms with E-state index in [1.807, 2.05) is 55.5 Å². The van der Waals surface area contributed by atoms with Crippen LogP contribution >= 0.6 is 11.8 Å². The third-order valence-corrected chi connectivity index (χ3v) is 7.97. The number of rotatable bonds is 8. The minimum absolute atomic E-state index is 0.00100. The Kier molecular flexibility index (Phi) is 9.00. The maximum atomic E-state index is 13.5. The third-order valence-electron chi connectivity index (χ3n) is 7.03. The Bertz CT molecular complexity index is 1150. The highest BCUT2D eigenvalue weighted by Gasteiger charge is 2.38. The molecule has 0 saturated carbocycles. The van der Waals surface area contributed by atoms with E-state index in [9.17, 15) is 24.3 Å². The Balaban J connectivity index is 1.43. The van der Waals surface area contributed by atoms with Crippen molar-refractivity contribution in [3.63, 3.8) is 0 Å². The number of hydrogen-bond acceptors (Lipinski definition) is 6. The molecular weight excluding hydrogens is 490 g/mol. The van der Waals surface area contributed by atoms with Gasteiger partial charge in [0.25, 0.3) is 0 Å². The van der Waals surface area contributed by atoms with Crippen molar-refractivity contribution in [1.29, 1.82) is 0 Å². The molecule has 37 heavy (non-hydrogen) atoms. The zero-order valence-corrected chi connectivity index (χ0v) is 21.8. The van der Waals surface area contributed by atoms with Crippen LogP contribution in [-0.2, 0) is 32.1 Å². The van der Waals surface area contributed by atoms with Crippen molar-refractivity contribution in [2.45, 2.75) is 62.6 Å². The van der Waals surface area contributed by atoms with E-state index in [2.05, 4.69) is 10.6 Å². The first kappa shape index (κ1) is 26.9. The molecule has 2 aromatic rings. The van der Waals surface area contributed by atoms with Crippen molar-refractivity contribution in [2.75, 3.05) is 13.1 Å². The number of nitrogens with zero attached hydrogens (tertiary/aromatic N) is 1. The second kappa shape index (κ2) is 12.4. The lowest BCUT2D eigenvalue weighted by Crippen LogP contribution is -2.57. The van der Waals surface area contributed by atoms with Crippen LogP contribution in [0.25, 0.3) is 0 Å². The third kappa shape index (κ3) is 6.99. The molecule has 2 heterocycles. The molecule has 8 nitrogen and oxygen atoms in total. The van der Waals surface area contributed by atoms with Gasteiger partial charge in [-0.25, -0.2) is 4.79 Å². The number of aliphatic carboxylic acids is 1. The Morgan fingerprint density at radius 1 is 1.05 bits per heavy atom. The number of hydrogen-bond donors (Lipinski definition) is 3. The molecule has 0 aliphatic carbocycles. The number of thioether (sulfide) groups is 1. The summed E-state index contributed by atoms with van der Waals surface area (Å²) in [6.45, 7) is 3.80. The van der Waals surface area contributed by atoms with Crippen LogP contribution in [0.3, 0.4) is 0 Å². The average Bonchev–Trinajstić information content (AvgIpc) is 2.91. The van der Waals surface area contributed by atoms with Crippen LogP contribution in [0.2, 0.25) is 0 Å². The number of piperidine rings is 1. The van der Waals surface area contributed by atoms with Gasteiger partial charge in [0.1, 0.15) is 12.1 Å². The molecule has 196 valence electrons. The van der Waals surface area contributed by atoms with E-state index in [1.54, 1.807) is 4.90 Å². The normalized spacial score (nSPS) is 18.5. The molecular formula is C28H33N3O5S. The zero-order valence-electron chi connectivity index (χ0n) is 20.9. The van der Waals surface area contributed by atoms with Crippen LogP contribution in [0, 0.1) is 12.8 Å². The molecule has 2 aliphatic rings. The van der Waals surface area contributed by atoms with Crippen LogP contribution in [0.5, 0.6) is 0 Å². The summed E-state index contributed by atoms with van der Waals surface area (Å²) < 4.78 is 0. The van der Waals surface area contributed by atoms with Crippen LogP contribution in [0.4, 0.5) is 0 Å². The molecule has 0 spiro atoms. The lowest BCUT2D eigenvalue weighted by molar-refractivity contribution is -0.147. The number of benzene rings is 2. The Labute approximate surface area is 221 Å². The zero-order chi connectivity index (χ0) is 26.4.